The van der Waals surface area contributed by atoms with Crippen molar-refractivity contribution in [3.05, 3.63) is 70.9 Å². The number of carbonyl (C=O) groups is 1. The van der Waals surface area contributed by atoms with Gasteiger partial charge in [0.15, 0.2) is 6.04 Å². The van der Waals surface area contributed by atoms with Gasteiger partial charge in [-0.3, -0.25) is 4.79 Å². The second kappa shape index (κ2) is 7.46. The predicted octanol–water partition coefficient (Wildman–Crippen LogP) is 5.78. The molecular weight excluding hydrogens is 398 g/mol. The van der Waals surface area contributed by atoms with Crippen LogP contribution >= 0.6 is 0 Å². The number of amides is 1. The number of hydrogen-bond acceptors (Lipinski definition) is 1. The lowest BCUT2D eigenvalue weighted by atomic mass is 10.0. The molecule has 3 aromatic rings. The number of hydrogen-bond donors (Lipinski definition) is 2. The maximum Gasteiger partial charge on any atom is 0.416 e. The number of H-pyrrole nitrogens is 1. The minimum atomic E-state index is -4.98. The lowest BCUT2D eigenvalue weighted by Gasteiger charge is -2.22. The van der Waals surface area contributed by atoms with Gasteiger partial charge in [-0.15, -0.1) is 0 Å². The highest BCUT2D eigenvalue weighted by Crippen LogP contribution is 2.36. The van der Waals surface area contributed by atoms with Crippen LogP contribution in [0.3, 0.4) is 0 Å². The van der Waals surface area contributed by atoms with Gasteiger partial charge in [0.25, 0.3) is 5.91 Å². The largest absolute Gasteiger partial charge is 0.416 e. The molecule has 0 spiro atoms. The summed E-state index contributed by atoms with van der Waals surface area (Å²) in [5.74, 6) is -1.07. The van der Waals surface area contributed by atoms with Gasteiger partial charge in [-0.05, 0) is 41.8 Å². The van der Waals surface area contributed by atoms with Crippen molar-refractivity contribution in [3.8, 4) is 0 Å². The number of aryl methyl sites for hydroxylation is 1. The van der Waals surface area contributed by atoms with E-state index >= 15 is 0 Å². The fourth-order valence-corrected chi connectivity index (χ4v) is 2.97. The standard InChI is InChI=1S/C20H16F6N2O/c1-2-11-6-7-12-10-16(27-15(12)8-11)18(29)28-17(20(24,25)26)13-4-3-5-14(9-13)19(21,22)23/h3-10,17,27H,2H2,1H3,(H,28,29). The van der Waals surface area contributed by atoms with Crippen molar-refractivity contribution in [2.24, 2.45) is 0 Å². The van der Waals surface area contributed by atoms with Crippen LogP contribution < -0.4 is 5.32 Å². The summed E-state index contributed by atoms with van der Waals surface area (Å²) >= 11 is 0. The molecule has 0 bridgehead atoms. The lowest BCUT2D eigenvalue weighted by molar-refractivity contribution is -0.156. The number of fused-ring (bicyclic) bond motifs is 1. The van der Waals surface area contributed by atoms with Crippen molar-refractivity contribution < 1.29 is 31.1 Å². The van der Waals surface area contributed by atoms with Gasteiger partial charge in [0.05, 0.1) is 5.56 Å². The quantitative estimate of drug-likeness (QED) is 0.522. The van der Waals surface area contributed by atoms with E-state index in [1.807, 2.05) is 13.0 Å². The number of aromatic nitrogens is 1. The summed E-state index contributed by atoms with van der Waals surface area (Å²) in [6.07, 6.45) is -9.05. The summed E-state index contributed by atoms with van der Waals surface area (Å²) < 4.78 is 79.1. The molecule has 0 radical (unpaired) electrons. The molecule has 0 aliphatic heterocycles. The highest BCUT2D eigenvalue weighted by Gasteiger charge is 2.43. The van der Waals surface area contributed by atoms with E-state index in [1.165, 1.54) is 6.07 Å². The van der Waals surface area contributed by atoms with Gasteiger partial charge in [0, 0.05) is 10.9 Å². The van der Waals surface area contributed by atoms with Crippen LogP contribution in [0.25, 0.3) is 10.9 Å². The smallest absolute Gasteiger partial charge is 0.351 e. The van der Waals surface area contributed by atoms with Crippen LogP contribution in [0.2, 0.25) is 0 Å². The number of aromatic amines is 1. The molecule has 2 N–H and O–H groups in total. The highest BCUT2D eigenvalue weighted by atomic mass is 19.4. The monoisotopic (exact) mass is 414 g/mol. The topological polar surface area (TPSA) is 44.9 Å². The van der Waals surface area contributed by atoms with E-state index in [9.17, 15) is 31.1 Å². The summed E-state index contributed by atoms with van der Waals surface area (Å²) in [5, 5.41) is 2.43. The molecule has 2 aromatic carbocycles. The lowest BCUT2D eigenvalue weighted by Crippen LogP contribution is -2.38. The summed E-state index contributed by atoms with van der Waals surface area (Å²) in [6, 6.07) is 6.97. The van der Waals surface area contributed by atoms with Crippen LogP contribution in [0.1, 0.15) is 40.1 Å². The van der Waals surface area contributed by atoms with Crippen molar-refractivity contribution >= 4 is 16.8 Å². The third-order valence-corrected chi connectivity index (χ3v) is 4.49. The Morgan fingerprint density at radius 1 is 1.03 bits per heavy atom. The number of halogens is 6. The summed E-state index contributed by atoms with van der Waals surface area (Å²) in [5.41, 5.74) is -0.490. The molecule has 0 fully saturated rings. The first-order chi connectivity index (χ1) is 13.5. The summed E-state index contributed by atoms with van der Waals surface area (Å²) in [6.45, 7) is 1.93. The first kappa shape index (κ1) is 20.8. The second-order valence-corrected chi connectivity index (χ2v) is 6.53. The first-order valence-electron chi connectivity index (χ1n) is 8.65. The molecule has 1 amide bonds. The molecule has 1 aromatic heterocycles. The first-order valence-corrected chi connectivity index (χ1v) is 8.65. The third kappa shape index (κ3) is 4.55. The average Bonchev–Trinajstić information content (AvgIpc) is 3.07. The Hall–Kier alpha value is -2.97. The molecule has 0 aliphatic carbocycles. The zero-order chi connectivity index (χ0) is 21.4. The van der Waals surface area contributed by atoms with Gasteiger partial charge >= 0.3 is 12.4 Å². The molecule has 9 heteroatoms. The molecule has 3 rings (SSSR count). The summed E-state index contributed by atoms with van der Waals surface area (Å²) in [4.78, 5) is 15.2. The third-order valence-electron chi connectivity index (χ3n) is 4.49. The van der Waals surface area contributed by atoms with E-state index in [0.29, 0.717) is 23.0 Å². The number of alkyl halides is 6. The fourth-order valence-electron chi connectivity index (χ4n) is 2.97. The van der Waals surface area contributed by atoms with E-state index in [4.69, 9.17) is 0 Å². The Morgan fingerprint density at radius 3 is 2.38 bits per heavy atom. The van der Waals surface area contributed by atoms with Crippen LogP contribution in [0.15, 0.2) is 48.5 Å². The van der Waals surface area contributed by atoms with Crippen LogP contribution in [0, 0.1) is 0 Å². The Morgan fingerprint density at radius 2 is 1.76 bits per heavy atom. The SMILES string of the molecule is CCc1ccc2cc(C(=O)NC(c3cccc(C(F)(F)F)c3)C(F)(F)F)[nH]c2c1. The molecule has 0 aliphatic rings. The van der Waals surface area contributed by atoms with E-state index in [1.54, 1.807) is 17.4 Å². The molecule has 1 heterocycles. The number of rotatable bonds is 4. The van der Waals surface area contributed by atoms with Gasteiger partial charge < -0.3 is 10.3 Å². The van der Waals surface area contributed by atoms with E-state index in [-0.39, 0.29) is 5.69 Å². The Balaban J connectivity index is 1.92. The predicted molar refractivity (Wildman–Crippen MR) is 95.4 cm³/mol. The molecule has 0 saturated heterocycles. The van der Waals surface area contributed by atoms with Gasteiger partial charge in [-0.25, -0.2) is 0 Å². The molecule has 154 valence electrons. The van der Waals surface area contributed by atoms with Crippen LogP contribution in [0.5, 0.6) is 0 Å². The fraction of sp³-hybridized carbons (Fsp3) is 0.250. The van der Waals surface area contributed by atoms with Gasteiger partial charge in [-0.2, -0.15) is 26.3 Å². The number of benzene rings is 2. The van der Waals surface area contributed by atoms with Crippen LogP contribution in [-0.4, -0.2) is 17.1 Å². The average molecular weight is 414 g/mol. The van der Waals surface area contributed by atoms with Gasteiger partial charge in [0.1, 0.15) is 5.69 Å². The highest BCUT2D eigenvalue weighted by molar-refractivity contribution is 5.98. The van der Waals surface area contributed by atoms with Gasteiger partial charge in [0.2, 0.25) is 0 Å². The number of nitrogens with one attached hydrogen (secondary N) is 2. The van der Waals surface area contributed by atoms with Gasteiger partial charge in [-0.1, -0.05) is 31.2 Å². The van der Waals surface area contributed by atoms with E-state index in [0.717, 1.165) is 24.1 Å². The molecule has 0 saturated carbocycles. The van der Waals surface area contributed by atoms with Crippen LogP contribution in [-0.2, 0) is 12.6 Å². The molecular formula is C20H16F6N2O. The molecule has 1 unspecified atom stereocenters. The van der Waals surface area contributed by atoms with Crippen molar-refractivity contribution in [3.63, 3.8) is 0 Å². The maximum absolute atomic E-state index is 13.5. The van der Waals surface area contributed by atoms with Crippen LogP contribution in [0.4, 0.5) is 26.3 Å². The Kier molecular flexibility index (Phi) is 5.34. The zero-order valence-corrected chi connectivity index (χ0v) is 15.1. The molecule has 1 atom stereocenters. The second-order valence-electron chi connectivity index (χ2n) is 6.53. The van der Waals surface area contributed by atoms with Crippen molar-refractivity contribution in [2.45, 2.75) is 31.7 Å². The minimum absolute atomic E-state index is 0.116. The maximum atomic E-state index is 13.5. The molecule has 29 heavy (non-hydrogen) atoms. The Labute approximate surface area is 161 Å². The number of carbonyl (C=O) groups excluding carboxylic acids is 1. The molecule has 3 nitrogen and oxygen atoms in total. The van der Waals surface area contributed by atoms with Crippen molar-refractivity contribution in [2.75, 3.05) is 0 Å². The minimum Gasteiger partial charge on any atom is -0.351 e. The van der Waals surface area contributed by atoms with E-state index < -0.39 is 35.4 Å². The summed E-state index contributed by atoms with van der Waals surface area (Å²) in [7, 11) is 0. The normalized spacial score (nSPS) is 13.5. The van der Waals surface area contributed by atoms with Crippen molar-refractivity contribution in [1.29, 1.82) is 0 Å². The zero-order valence-electron chi connectivity index (χ0n) is 15.1. The van der Waals surface area contributed by atoms with E-state index in [2.05, 4.69) is 4.98 Å². The Bertz CT molecular complexity index is 1040. The van der Waals surface area contributed by atoms with Crippen molar-refractivity contribution in [1.82, 2.24) is 10.3 Å².